The van der Waals surface area contributed by atoms with Crippen molar-refractivity contribution in [3.8, 4) is 0 Å². The monoisotopic (exact) mass is 309 g/mol. The minimum absolute atomic E-state index is 0.0192. The van der Waals surface area contributed by atoms with Gasteiger partial charge in [0.15, 0.2) is 0 Å². The van der Waals surface area contributed by atoms with Crippen LogP contribution in [0.25, 0.3) is 0 Å². The second-order valence-corrected chi connectivity index (χ2v) is 7.75. The number of amides is 1. The normalized spacial score (nSPS) is 12.8. The molecule has 1 aromatic rings. The SMILES string of the molecule is CN(C(=O)CSC(C)(C)C)C(Cc1ccccc1)C(=O)O. The molecule has 0 heterocycles. The zero-order valence-electron chi connectivity index (χ0n) is 13.0. The maximum absolute atomic E-state index is 12.2. The first-order valence-corrected chi connectivity index (χ1v) is 7.85. The van der Waals surface area contributed by atoms with Crippen molar-refractivity contribution < 1.29 is 14.7 Å². The minimum Gasteiger partial charge on any atom is -0.480 e. The molecule has 116 valence electrons. The van der Waals surface area contributed by atoms with Gasteiger partial charge in [-0.25, -0.2) is 4.79 Å². The first-order valence-electron chi connectivity index (χ1n) is 6.87. The Kier molecular flexibility index (Phi) is 6.27. The van der Waals surface area contributed by atoms with E-state index in [1.165, 1.54) is 16.7 Å². The summed E-state index contributed by atoms with van der Waals surface area (Å²) in [6.07, 6.45) is 0.318. The van der Waals surface area contributed by atoms with Crippen LogP contribution in [0.5, 0.6) is 0 Å². The number of thioether (sulfide) groups is 1. The number of hydrogen-bond acceptors (Lipinski definition) is 3. The summed E-state index contributed by atoms with van der Waals surface area (Å²) in [7, 11) is 1.56. The van der Waals surface area contributed by atoms with Crippen LogP contribution in [0.4, 0.5) is 0 Å². The van der Waals surface area contributed by atoms with Gasteiger partial charge in [-0.3, -0.25) is 4.79 Å². The third-order valence-electron chi connectivity index (χ3n) is 3.05. The molecule has 0 saturated heterocycles. The zero-order chi connectivity index (χ0) is 16.0. The lowest BCUT2D eigenvalue weighted by atomic mass is 10.1. The van der Waals surface area contributed by atoms with Crippen LogP contribution < -0.4 is 0 Å². The van der Waals surface area contributed by atoms with Gasteiger partial charge in [-0.1, -0.05) is 51.1 Å². The van der Waals surface area contributed by atoms with Gasteiger partial charge in [0.05, 0.1) is 5.75 Å². The van der Waals surface area contributed by atoms with Crippen molar-refractivity contribution in [2.24, 2.45) is 0 Å². The molecule has 0 bridgehead atoms. The van der Waals surface area contributed by atoms with Crippen molar-refractivity contribution in [2.45, 2.75) is 38.0 Å². The third-order valence-corrected chi connectivity index (χ3v) is 4.30. The van der Waals surface area contributed by atoms with Crippen LogP contribution in [0.3, 0.4) is 0 Å². The number of likely N-dealkylation sites (N-methyl/N-ethyl adjacent to an activating group) is 1. The van der Waals surface area contributed by atoms with Gasteiger partial charge in [0.25, 0.3) is 0 Å². The Morgan fingerprint density at radius 2 is 1.81 bits per heavy atom. The van der Waals surface area contributed by atoms with Crippen molar-refractivity contribution in [3.63, 3.8) is 0 Å². The summed E-state index contributed by atoms with van der Waals surface area (Å²) in [5.41, 5.74) is 0.910. The van der Waals surface area contributed by atoms with E-state index >= 15 is 0 Å². The van der Waals surface area contributed by atoms with Gasteiger partial charge in [0.2, 0.25) is 5.91 Å². The van der Waals surface area contributed by atoms with Gasteiger partial charge in [0.1, 0.15) is 6.04 Å². The zero-order valence-corrected chi connectivity index (χ0v) is 13.8. The second kappa shape index (κ2) is 7.50. The lowest BCUT2D eigenvalue weighted by Crippen LogP contribution is -2.44. The fraction of sp³-hybridized carbons (Fsp3) is 0.500. The summed E-state index contributed by atoms with van der Waals surface area (Å²) in [6, 6.07) is 8.53. The molecule has 0 aromatic heterocycles. The average molecular weight is 309 g/mol. The molecule has 0 saturated carbocycles. The molecular formula is C16H23NO3S. The predicted molar refractivity (Wildman–Crippen MR) is 86.6 cm³/mol. The maximum atomic E-state index is 12.2. The molecule has 1 unspecified atom stereocenters. The van der Waals surface area contributed by atoms with Gasteiger partial charge in [0, 0.05) is 18.2 Å². The Labute approximate surface area is 130 Å². The van der Waals surface area contributed by atoms with E-state index in [-0.39, 0.29) is 10.7 Å². The Bertz CT molecular complexity index is 482. The average Bonchev–Trinajstić information content (AvgIpc) is 2.41. The lowest BCUT2D eigenvalue weighted by molar-refractivity contribution is -0.148. The van der Waals surface area contributed by atoms with E-state index in [4.69, 9.17) is 0 Å². The summed E-state index contributed by atoms with van der Waals surface area (Å²) in [6.45, 7) is 6.09. The summed E-state index contributed by atoms with van der Waals surface area (Å²) >= 11 is 1.52. The van der Waals surface area contributed by atoms with E-state index in [9.17, 15) is 14.7 Å². The summed E-state index contributed by atoms with van der Waals surface area (Å²) in [5.74, 6) is -0.841. The molecule has 0 aliphatic carbocycles. The number of aliphatic carboxylic acids is 1. The van der Waals surface area contributed by atoms with E-state index in [0.717, 1.165) is 5.56 Å². The highest BCUT2D eigenvalue weighted by Gasteiger charge is 2.27. The van der Waals surface area contributed by atoms with Crippen LogP contribution in [0.2, 0.25) is 0 Å². The molecule has 1 N–H and O–H groups in total. The summed E-state index contributed by atoms with van der Waals surface area (Å²) < 4.78 is -0.0192. The van der Waals surface area contributed by atoms with Crippen molar-refractivity contribution in [3.05, 3.63) is 35.9 Å². The Morgan fingerprint density at radius 1 is 1.24 bits per heavy atom. The minimum atomic E-state index is -0.976. The number of carboxylic acid groups (broad SMARTS) is 1. The molecule has 0 aliphatic heterocycles. The topological polar surface area (TPSA) is 57.6 Å². The Morgan fingerprint density at radius 3 is 2.29 bits per heavy atom. The van der Waals surface area contributed by atoms with Crippen molar-refractivity contribution in [2.75, 3.05) is 12.8 Å². The van der Waals surface area contributed by atoms with Crippen LogP contribution in [0.15, 0.2) is 30.3 Å². The smallest absolute Gasteiger partial charge is 0.326 e. The molecule has 0 spiro atoms. The first-order chi connectivity index (χ1) is 9.70. The fourth-order valence-corrected chi connectivity index (χ4v) is 2.54. The van der Waals surface area contributed by atoms with Crippen LogP contribution >= 0.6 is 11.8 Å². The van der Waals surface area contributed by atoms with Gasteiger partial charge >= 0.3 is 5.97 Å². The van der Waals surface area contributed by atoms with Gasteiger partial charge in [-0.05, 0) is 5.56 Å². The highest BCUT2D eigenvalue weighted by atomic mass is 32.2. The van der Waals surface area contributed by atoms with Crippen molar-refractivity contribution >= 4 is 23.6 Å². The largest absolute Gasteiger partial charge is 0.480 e. The number of carbonyl (C=O) groups excluding carboxylic acids is 1. The molecule has 1 rings (SSSR count). The molecule has 5 heteroatoms. The second-order valence-electron chi connectivity index (χ2n) is 5.95. The van der Waals surface area contributed by atoms with Crippen LogP contribution in [0, 0.1) is 0 Å². The predicted octanol–water partition coefficient (Wildman–Crippen LogP) is 2.67. The number of nitrogens with zero attached hydrogens (tertiary/aromatic N) is 1. The van der Waals surface area contributed by atoms with E-state index in [2.05, 4.69) is 0 Å². The van der Waals surface area contributed by atoms with Crippen LogP contribution in [-0.4, -0.2) is 45.5 Å². The van der Waals surface area contributed by atoms with E-state index in [1.54, 1.807) is 7.05 Å². The standard InChI is InChI=1S/C16H23NO3S/c1-16(2,3)21-11-14(18)17(4)13(15(19)20)10-12-8-6-5-7-9-12/h5-9,13H,10-11H2,1-4H3,(H,19,20). The molecule has 0 fully saturated rings. The lowest BCUT2D eigenvalue weighted by Gasteiger charge is -2.26. The van der Waals surface area contributed by atoms with Crippen molar-refractivity contribution in [1.82, 2.24) is 4.90 Å². The maximum Gasteiger partial charge on any atom is 0.326 e. The highest BCUT2D eigenvalue weighted by molar-refractivity contribution is 8.01. The number of rotatable bonds is 6. The number of carbonyl (C=O) groups is 2. The number of benzene rings is 1. The van der Waals surface area contributed by atoms with Gasteiger partial charge in [-0.2, -0.15) is 0 Å². The van der Waals surface area contributed by atoms with E-state index in [0.29, 0.717) is 12.2 Å². The molecule has 1 aromatic carbocycles. The Balaban J connectivity index is 2.71. The van der Waals surface area contributed by atoms with Crippen LogP contribution in [-0.2, 0) is 16.0 Å². The molecule has 0 radical (unpaired) electrons. The fourth-order valence-electron chi connectivity index (χ4n) is 1.78. The molecule has 1 atom stereocenters. The molecule has 1 amide bonds. The van der Waals surface area contributed by atoms with Gasteiger partial charge < -0.3 is 10.0 Å². The number of carboxylic acids is 1. The molecular weight excluding hydrogens is 286 g/mol. The van der Waals surface area contributed by atoms with Gasteiger partial charge in [-0.15, -0.1) is 11.8 Å². The van der Waals surface area contributed by atoms with E-state index in [1.807, 2.05) is 51.1 Å². The molecule has 0 aliphatic rings. The Hall–Kier alpha value is -1.49. The quantitative estimate of drug-likeness (QED) is 0.878. The summed E-state index contributed by atoms with van der Waals surface area (Å²) in [5, 5.41) is 9.38. The van der Waals surface area contributed by atoms with E-state index < -0.39 is 12.0 Å². The summed E-state index contributed by atoms with van der Waals surface area (Å²) in [4.78, 5) is 25.0. The first kappa shape index (κ1) is 17.6. The van der Waals surface area contributed by atoms with Crippen LogP contribution in [0.1, 0.15) is 26.3 Å². The third kappa shape index (κ3) is 6.21. The van der Waals surface area contributed by atoms with Crippen molar-refractivity contribution in [1.29, 1.82) is 0 Å². The molecule has 21 heavy (non-hydrogen) atoms. The molecule has 4 nitrogen and oxygen atoms in total. The number of hydrogen-bond donors (Lipinski definition) is 1. The highest BCUT2D eigenvalue weighted by Crippen LogP contribution is 2.23.